The van der Waals surface area contributed by atoms with Gasteiger partial charge in [0.05, 0.1) is 35.9 Å². The Morgan fingerprint density at radius 2 is 1.54 bits per heavy atom. The molecule has 6 heteroatoms. The molecule has 1 aliphatic heterocycles. The molecule has 0 fully saturated rings. The van der Waals surface area contributed by atoms with Gasteiger partial charge in [-0.3, -0.25) is 14.4 Å². The number of carbonyl (C=O) groups excluding carboxylic acids is 3. The molecule has 0 aromatic heterocycles. The number of rotatable bonds is 7. The predicted octanol–water partition coefficient (Wildman–Crippen LogP) is 3.85. The number of imide groups is 1. The lowest BCUT2D eigenvalue weighted by Crippen LogP contribution is -2.29. The third-order valence-electron chi connectivity index (χ3n) is 4.84. The third kappa shape index (κ3) is 3.76. The molecule has 146 valence electrons. The molecule has 0 saturated heterocycles. The molecule has 0 spiro atoms. The standard InChI is InChI=1S/C22H23NO5/c1-22(2,21(26)27-3)13-6-14-28-16-11-9-15(10-12-16)23-19(24)17-7-4-5-8-18(17)20(23)25/h4-5,7-12H,6,13-14H2,1-3H3. The smallest absolute Gasteiger partial charge is 0.311 e. The maximum atomic E-state index is 12.5. The van der Waals surface area contributed by atoms with E-state index in [9.17, 15) is 14.4 Å². The van der Waals surface area contributed by atoms with E-state index in [1.54, 1.807) is 48.5 Å². The largest absolute Gasteiger partial charge is 0.494 e. The molecule has 1 aliphatic rings. The van der Waals surface area contributed by atoms with Crippen LogP contribution in [0.4, 0.5) is 5.69 Å². The number of methoxy groups -OCH3 is 1. The number of fused-ring (bicyclic) bond motifs is 1. The van der Waals surface area contributed by atoms with Crippen LogP contribution in [0.1, 0.15) is 47.4 Å². The summed E-state index contributed by atoms with van der Waals surface area (Å²) in [7, 11) is 1.39. The number of carbonyl (C=O) groups is 3. The lowest BCUT2D eigenvalue weighted by Gasteiger charge is -2.21. The van der Waals surface area contributed by atoms with E-state index in [0.29, 0.717) is 42.0 Å². The van der Waals surface area contributed by atoms with Crippen molar-refractivity contribution in [3.63, 3.8) is 0 Å². The second-order valence-corrected chi connectivity index (χ2v) is 7.31. The highest BCUT2D eigenvalue weighted by molar-refractivity contribution is 6.34. The van der Waals surface area contributed by atoms with E-state index < -0.39 is 5.41 Å². The lowest BCUT2D eigenvalue weighted by molar-refractivity contribution is -0.151. The van der Waals surface area contributed by atoms with E-state index in [0.717, 1.165) is 0 Å². The topological polar surface area (TPSA) is 72.9 Å². The van der Waals surface area contributed by atoms with Crippen LogP contribution in [0.25, 0.3) is 0 Å². The molecule has 2 aromatic rings. The minimum absolute atomic E-state index is 0.238. The van der Waals surface area contributed by atoms with Crippen molar-refractivity contribution in [2.24, 2.45) is 5.41 Å². The van der Waals surface area contributed by atoms with Crippen LogP contribution in [0.15, 0.2) is 48.5 Å². The predicted molar refractivity (Wildman–Crippen MR) is 105 cm³/mol. The van der Waals surface area contributed by atoms with Crippen molar-refractivity contribution in [2.75, 3.05) is 18.6 Å². The number of hydrogen-bond donors (Lipinski definition) is 0. The Kier molecular flexibility index (Phi) is 5.49. The highest BCUT2D eigenvalue weighted by atomic mass is 16.5. The highest BCUT2D eigenvalue weighted by Crippen LogP contribution is 2.29. The van der Waals surface area contributed by atoms with E-state index in [4.69, 9.17) is 9.47 Å². The van der Waals surface area contributed by atoms with Gasteiger partial charge in [-0.2, -0.15) is 0 Å². The highest BCUT2D eigenvalue weighted by Gasteiger charge is 2.36. The average molecular weight is 381 g/mol. The van der Waals surface area contributed by atoms with Crippen LogP contribution in [-0.2, 0) is 9.53 Å². The van der Waals surface area contributed by atoms with Gasteiger partial charge in [-0.25, -0.2) is 4.90 Å². The number of hydrogen-bond acceptors (Lipinski definition) is 5. The Morgan fingerprint density at radius 1 is 0.964 bits per heavy atom. The first-order chi connectivity index (χ1) is 13.3. The van der Waals surface area contributed by atoms with Crippen LogP contribution in [0.2, 0.25) is 0 Å². The number of nitrogens with zero attached hydrogens (tertiary/aromatic N) is 1. The maximum absolute atomic E-state index is 12.5. The molecule has 2 aromatic carbocycles. The van der Waals surface area contributed by atoms with Gasteiger partial charge in [0.25, 0.3) is 11.8 Å². The van der Waals surface area contributed by atoms with Gasteiger partial charge in [-0.1, -0.05) is 12.1 Å². The minimum Gasteiger partial charge on any atom is -0.494 e. The molecule has 28 heavy (non-hydrogen) atoms. The minimum atomic E-state index is -0.548. The Bertz CT molecular complexity index is 866. The van der Waals surface area contributed by atoms with Crippen molar-refractivity contribution in [1.82, 2.24) is 0 Å². The van der Waals surface area contributed by atoms with Crippen molar-refractivity contribution < 1.29 is 23.9 Å². The summed E-state index contributed by atoms with van der Waals surface area (Å²) in [5.74, 6) is -0.243. The summed E-state index contributed by atoms with van der Waals surface area (Å²) in [6, 6.07) is 13.6. The molecule has 0 bridgehead atoms. The molecule has 2 amide bonds. The molecule has 3 rings (SSSR count). The molecule has 0 saturated carbocycles. The molecule has 0 aliphatic carbocycles. The summed E-state index contributed by atoms with van der Waals surface area (Å²) in [5.41, 5.74) is 0.792. The summed E-state index contributed by atoms with van der Waals surface area (Å²) in [6.07, 6.45) is 1.34. The van der Waals surface area contributed by atoms with Crippen molar-refractivity contribution in [3.8, 4) is 5.75 Å². The number of benzene rings is 2. The molecular weight excluding hydrogens is 358 g/mol. The van der Waals surface area contributed by atoms with Gasteiger partial charge in [-0.15, -0.1) is 0 Å². The van der Waals surface area contributed by atoms with Crippen LogP contribution >= 0.6 is 0 Å². The molecule has 6 nitrogen and oxygen atoms in total. The fourth-order valence-electron chi connectivity index (χ4n) is 3.20. The zero-order valence-corrected chi connectivity index (χ0v) is 16.2. The van der Waals surface area contributed by atoms with Gasteiger partial charge in [0, 0.05) is 0 Å². The average Bonchev–Trinajstić information content (AvgIpc) is 2.96. The zero-order chi connectivity index (χ0) is 20.3. The van der Waals surface area contributed by atoms with Crippen LogP contribution in [0, 0.1) is 5.41 Å². The van der Waals surface area contributed by atoms with Crippen molar-refractivity contribution >= 4 is 23.5 Å². The SMILES string of the molecule is COC(=O)C(C)(C)CCCOc1ccc(N2C(=O)c3ccccc3C2=O)cc1. The fraction of sp³-hybridized carbons (Fsp3) is 0.318. The van der Waals surface area contributed by atoms with Crippen molar-refractivity contribution in [3.05, 3.63) is 59.7 Å². The second kappa shape index (κ2) is 7.84. The lowest BCUT2D eigenvalue weighted by atomic mass is 9.88. The Hall–Kier alpha value is -3.15. The maximum Gasteiger partial charge on any atom is 0.311 e. The van der Waals surface area contributed by atoms with Crippen LogP contribution in [-0.4, -0.2) is 31.5 Å². The van der Waals surface area contributed by atoms with Gasteiger partial charge in [0.2, 0.25) is 0 Å². The van der Waals surface area contributed by atoms with Crippen molar-refractivity contribution in [1.29, 1.82) is 0 Å². The first-order valence-electron chi connectivity index (χ1n) is 9.14. The van der Waals surface area contributed by atoms with Gasteiger partial charge in [-0.05, 0) is 63.1 Å². The second-order valence-electron chi connectivity index (χ2n) is 7.31. The van der Waals surface area contributed by atoms with E-state index >= 15 is 0 Å². The summed E-state index contributed by atoms with van der Waals surface area (Å²) in [6.45, 7) is 4.14. The quantitative estimate of drug-likeness (QED) is 0.414. The van der Waals surface area contributed by atoms with E-state index in [2.05, 4.69) is 0 Å². The zero-order valence-electron chi connectivity index (χ0n) is 16.2. The van der Waals surface area contributed by atoms with Gasteiger partial charge >= 0.3 is 5.97 Å². The Morgan fingerprint density at radius 3 is 2.07 bits per heavy atom. The van der Waals surface area contributed by atoms with Crippen LogP contribution < -0.4 is 9.64 Å². The van der Waals surface area contributed by atoms with Crippen molar-refractivity contribution in [2.45, 2.75) is 26.7 Å². The van der Waals surface area contributed by atoms with E-state index in [1.165, 1.54) is 12.0 Å². The summed E-state index contributed by atoms with van der Waals surface area (Å²) >= 11 is 0. The number of anilines is 1. The first kappa shape index (κ1) is 19.6. The fourth-order valence-corrected chi connectivity index (χ4v) is 3.20. The number of ether oxygens (including phenoxy) is 2. The molecule has 0 unspecified atom stereocenters. The molecule has 0 atom stereocenters. The Labute approximate surface area is 164 Å². The summed E-state index contributed by atoms with van der Waals surface area (Å²) in [5, 5.41) is 0. The van der Waals surface area contributed by atoms with Crippen LogP contribution in [0.5, 0.6) is 5.75 Å². The molecule has 0 N–H and O–H groups in total. The first-order valence-corrected chi connectivity index (χ1v) is 9.14. The normalized spacial score (nSPS) is 13.5. The van der Waals surface area contributed by atoms with Gasteiger partial charge in [0.1, 0.15) is 5.75 Å². The molecule has 0 radical (unpaired) electrons. The molecule has 1 heterocycles. The van der Waals surface area contributed by atoms with E-state index in [1.807, 2.05) is 13.8 Å². The summed E-state index contributed by atoms with van der Waals surface area (Å²) < 4.78 is 10.5. The third-order valence-corrected chi connectivity index (χ3v) is 4.84. The van der Waals surface area contributed by atoms with Gasteiger partial charge < -0.3 is 9.47 Å². The molecular formula is C22H23NO5. The number of esters is 1. The van der Waals surface area contributed by atoms with Crippen LogP contribution in [0.3, 0.4) is 0 Å². The summed E-state index contributed by atoms with van der Waals surface area (Å²) in [4.78, 5) is 37.9. The van der Waals surface area contributed by atoms with E-state index in [-0.39, 0.29) is 17.8 Å². The Balaban J connectivity index is 1.58. The van der Waals surface area contributed by atoms with Gasteiger partial charge in [0.15, 0.2) is 0 Å². The monoisotopic (exact) mass is 381 g/mol. The number of amides is 2.